The minimum absolute atomic E-state index is 0.219. The molecule has 0 radical (unpaired) electrons. The second-order valence-corrected chi connectivity index (χ2v) is 12.3. The third-order valence-corrected chi connectivity index (χ3v) is 9.31. The lowest BCUT2D eigenvalue weighted by Crippen LogP contribution is -1.98. The molecule has 2 N–H and O–H groups in total. The summed E-state index contributed by atoms with van der Waals surface area (Å²) in [4.78, 5) is 0. The van der Waals surface area contributed by atoms with Gasteiger partial charge >= 0.3 is 0 Å². The van der Waals surface area contributed by atoms with Crippen molar-refractivity contribution < 1.29 is 10.2 Å². The maximum absolute atomic E-state index is 12.4. The van der Waals surface area contributed by atoms with Gasteiger partial charge in [0.05, 0.1) is 0 Å². The molecule has 0 spiro atoms. The van der Waals surface area contributed by atoms with Crippen LogP contribution in [0.1, 0.15) is 0 Å². The van der Waals surface area contributed by atoms with Crippen molar-refractivity contribution >= 4 is 0 Å². The third kappa shape index (κ3) is 5.63. The molecule has 0 fully saturated rings. The van der Waals surface area contributed by atoms with E-state index in [9.17, 15) is 10.2 Å². The molecule has 0 aliphatic carbocycles. The minimum atomic E-state index is 0.219. The van der Waals surface area contributed by atoms with E-state index in [0.717, 1.165) is 77.9 Å². The Hall–Kier alpha value is -6.64. The summed E-state index contributed by atoms with van der Waals surface area (Å²) < 4.78 is 0. The number of rotatable bonds is 7. The molecule has 8 aromatic rings. The Morgan fingerprint density at radius 2 is 0.440 bits per heavy atom. The molecule has 0 aromatic heterocycles. The first-order chi connectivity index (χ1) is 24.7. The average molecular weight is 643 g/mol. The van der Waals surface area contributed by atoms with Crippen molar-refractivity contribution in [2.24, 2.45) is 0 Å². The van der Waals surface area contributed by atoms with Crippen LogP contribution in [0.4, 0.5) is 0 Å². The Labute approximate surface area is 292 Å². The topological polar surface area (TPSA) is 40.5 Å². The van der Waals surface area contributed by atoms with Gasteiger partial charge in [-0.15, -0.1) is 0 Å². The van der Waals surface area contributed by atoms with E-state index in [0.29, 0.717) is 0 Å². The fraction of sp³-hybridized carbons (Fsp3) is 0. The molecule has 2 nitrogen and oxygen atoms in total. The predicted octanol–water partition coefficient (Wildman–Crippen LogP) is 12.8. The molecule has 0 aliphatic heterocycles. The van der Waals surface area contributed by atoms with Crippen LogP contribution in [-0.4, -0.2) is 10.2 Å². The molecule has 50 heavy (non-hydrogen) atoms. The first kappa shape index (κ1) is 30.7. The summed E-state index contributed by atoms with van der Waals surface area (Å²) in [5.41, 5.74) is 12.3. The number of benzene rings is 8. The summed E-state index contributed by atoms with van der Waals surface area (Å²) in [6, 6.07) is 65.2. The van der Waals surface area contributed by atoms with Crippen LogP contribution in [0.15, 0.2) is 194 Å². The summed E-state index contributed by atoms with van der Waals surface area (Å²) in [6.45, 7) is 0. The van der Waals surface area contributed by atoms with E-state index in [-0.39, 0.29) is 11.5 Å². The van der Waals surface area contributed by atoms with Crippen molar-refractivity contribution in [2.75, 3.05) is 0 Å². The SMILES string of the molecule is Oc1c(-c2ccccc2)cc(-c2cc(-c3ccccc3)c(O)c(-c3ccccc3)c2-c2ccccc2)c(-c2ccccc2)c1-c1ccccc1. The fourth-order valence-electron chi connectivity index (χ4n) is 7.03. The van der Waals surface area contributed by atoms with Gasteiger partial charge in [0.25, 0.3) is 0 Å². The number of phenols is 2. The van der Waals surface area contributed by atoms with E-state index < -0.39 is 0 Å². The van der Waals surface area contributed by atoms with Crippen LogP contribution >= 0.6 is 0 Å². The van der Waals surface area contributed by atoms with Gasteiger partial charge < -0.3 is 10.2 Å². The first-order valence-corrected chi connectivity index (χ1v) is 16.8. The van der Waals surface area contributed by atoms with Crippen molar-refractivity contribution in [3.8, 4) is 89.4 Å². The molecule has 0 amide bonds. The van der Waals surface area contributed by atoms with Gasteiger partial charge in [0, 0.05) is 33.4 Å². The Morgan fingerprint density at radius 3 is 0.700 bits per heavy atom. The van der Waals surface area contributed by atoms with Crippen LogP contribution in [0, 0.1) is 0 Å². The van der Waals surface area contributed by atoms with Crippen molar-refractivity contribution in [3.05, 3.63) is 194 Å². The molecule has 2 heteroatoms. The first-order valence-electron chi connectivity index (χ1n) is 16.8. The average Bonchev–Trinajstić information content (AvgIpc) is 3.19. The number of hydrogen-bond acceptors (Lipinski definition) is 2. The predicted molar refractivity (Wildman–Crippen MR) is 208 cm³/mol. The second-order valence-electron chi connectivity index (χ2n) is 12.3. The highest BCUT2D eigenvalue weighted by Gasteiger charge is 2.27. The van der Waals surface area contributed by atoms with Crippen LogP contribution in [0.2, 0.25) is 0 Å². The molecule has 238 valence electrons. The number of hydrogen-bond donors (Lipinski definition) is 2. The van der Waals surface area contributed by atoms with Gasteiger partial charge in [-0.2, -0.15) is 0 Å². The van der Waals surface area contributed by atoms with Gasteiger partial charge in [-0.25, -0.2) is 0 Å². The number of aromatic hydroxyl groups is 2. The van der Waals surface area contributed by atoms with Gasteiger partial charge in [0.15, 0.2) is 0 Å². The zero-order valence-corrected chi connectivity index (χ0v) is 27.4. The minimum Gasteiger partial charge on any atom is -0.507 e. The maximum Gasteiger partial charge on any atom is 0.131 e. The van der Waals surface area contributed by atoms with Crippen LogP contribution in [-0.2, 0) is 0 Å². The second kappa shape index (κ2) is 13.5. The maximum atomic E-state index is 12.4. The lowest BCUT2D eigenvalue weighted by Gasteiger charge is -2.25. The molecular weight excluding hydrogens is 609 g/mol. The molecule has 8 rings (SSSR count). The summed E-state index contributed by atoms with van der Waals surface area (Å²) in [5.74, 6) is 0.438. The lowest BCUT2D eigenvalue weighted by molar-refractivity contribution is 0.479. The molecule has 8 aromatic carbocycles. The molecule has 0 saturated carbocycles. The van der Waals surface area contributed by atoms with E-state index in [1.807, 2.05) is 133 Å². The Morgan fingerprint density at radius 1 is 0.220 bits per heavy atom. The van der Waals surface area contributed by atoms with E-state index in [4.69, 9.17) is 0 Å². The monoisotopic (exact) mass is 642 g/mol. The van der Waals surface area contributed by atoms with Crippen molar-refractivity contribution in [1.82, 2.24) is 0 Å². The number of phenolic OH excluding ortho intramolecular Hbond substituents is 2. The summed E-state index contributed by atoms with van der Waals surface area (Å²) in [5, 5.41) is 24.7. The summed E-state index contributed by atoms with van der Waals surface area (Å²) >= 11 is 0. The molecule has 0 unspecified atom stereocenters. The zero-order chi connectivity index (χ0) is 33.9. The normalized spacial score (nSPS) is 11.0. The van der Waals surface area contributed by atoms with Crippen molar-refractivity contribution in [2.45, 2.75) is 0 Å². The molecule has 0 heterocycles. The van der Waals surface area contributed by atoms with E-state index >= 15 is 0 Å². The van der Waals surface area contributed by atoms with Gasteiger partial charge in [-0.05, 0) is 56.6 Å². The largest absolute Gasteiger partial charge is 0.507 e. The van der Waals surface area contributed by atoms with Gasteiger partial charge in [0.2, 0.25) is 0 Å². The van der Waals surface area contributed by atoms with E-state index in [1.54, 1.807) is 0 Å². The Balaban J connectivity index is 1.61. The van der Waals surface area contributed by atoms with Crippen molar-refractivity contribution in [3.63, 3.8) is 0 Å². The van der Waals surface area contributed by atoms with Crippen LogP contribution in [0.25, 0.3) is 77.9 Å². The molecule has 0 aliphatic rings. The highest BCUT2D eigenvalue weighted by atomic mass is 16.3. The standard InChI is InChI=1S/C48H34O2/c49-47-39(33-19-7-1-8-20-33)31-41(43(35-23-11-3-12-24-35)45(47)37-27-15-5-16-28-37)42-32-40(34-21-9-2-10-22-34)48(50)46(38-29-17-6-18-30-38)44(42)36-25-13-4-14-26-36/h1-32,49-50H. The molecule has 0 atom stereocenters. The molecular formula is C48H34O2. The summed E-state index contributed by atoms with van der Waals surface area (Å²) in [7, 11) is 0. The van der Waals surface area contributed by atoms with Crippen LogP contribution < -0.4 is 0 Å². The van der Waals surface area contributed by atoms with E-state index in [1.165, 1.54) is 0 Å². The lowest BCUT2D eigenvalue weighted by atomic mass is 9.79. The smallest absolute Gasteiger partial charge is 0.131 e. The molecule has 0 saturated heterocycles. The molecule has 0 bridgehead atoms. The summed E-state index contributed by atoms with van der Waals surface area (Å²) in [6.07, 6.45) is 0. The van der Waals surface area contributed by atoms with Crippen molar-refractivity contribution in [1.29, 1.82) is 0 Å². The van der Waals surface area contributed by atoms with Gasteiger partial charge in [-0.1, -0.05) is 182 Å². The van der Waals surface area contributed by atoms with Crippen LogP contribution in [0.5, 0.6) is 11.5 Å². The third-order valence-electron chi connectivity index (χ3n) is 9.31. The highest BCUT2D eigenvalue weighted by molar-refractivity contribution is 6.08. The van der Waals surface area contributed by atoms with E-state index in [2.05, 4.69) is 60.7 Å². The Bertz CT molecular complexity index is 2210. The van der Waals surface area contributed by atoms with Gasteiger partial charge in [0.1, 0.15) is 11.5 Å². The highest BCUT2D eigenvalue weighted by Crippen LogP contribution is 2.55. The Kier molecular flexibility index (Phi) is 8.26. The van der Waals surface area contributed by atoms with Crippen LogP contribution in [0.3, 0.4) is 0 Å². The van der Waals surface area contributed by atoms with Gasteiger partial charge in [-0.3, -0.25) is 0 Å². The zero-order valence-electron chi connectivity index (χ0n) is 27.4. The fourth-order valence-corrected chi connectivity index (χ4v) is 7.03. The quantitative estimate of drug-likeness (QED) is 0.182.